The van der Waals surface area contributed by atoms with Crippen LogP contribution in [0.3, 0.4) is 0 Å². The second-order valence-corrected chi connectivity index (χ2v) is 2.23. The molecule has 0 bridgehead atoms. The van der Waals surface area contributed by atoms with Crippen LogP contribution in [0.2, 0.25) is 0 Å². The molecule has 11 heavy (non-hydrogen) atoms. The van der Waals surface area contributed by atoms with Gasteiger partial charge in [-0.1, -0.05) is 6.07 Å². The van der Waals surface area contributed by atoms with Crippen molar-refractivity contribution in [2.24, 2.45) is 0 Å². The molecular weight excluding hydrogens is 145 g/mol. The topological polar surface area (TPSA) is 63.4 Å². The van der Waals surface area contributed by atoms with Gasteiger partial charge in [-0.05, 0) is 5.46 Å². The zero-order chi connectivity index (χ0) is 8.43. The lowest BCUT2D eigenvalue weighted by molar-refractivity contribution is -0.384. The number of aromatic hydroxyl groups is 1. The highest BCUT2D eigenvalue weighted by Crippen LogP contribution is 2.14. The molecule has 0 saturated carbocycles. The molecular formula is C6H6BNO3. The molecule has 0 amide bonds. The molecule has 1 N–H and O–H groups in total. The molecule has 56 valence electrons. The fourth-order valence-electron chi connectivity index (χ4n) is 0.711. The molecule has 0 heterocycles. The summed E-state index contributed by atoms with van der Waals surface area (Å²) in [5, 5.41) is 19.2. The number of hydrogen-bond acceptors (Lipinski definition) is 3. The highest BCUT2D eigenvalue weighted by atomic mass is 16.6. The Morgan fingerprint density at radius 2 is 2.18 bits per heavy atom. The minimum atomic E-state index is -0.542. The van der Waals surface area contributed by atoms with Crippen LogP contribution in [0.4, 0.5) is 5.69 Å². The van der Waals surface area contributed by atoms with Gasteiger partial charge in [-0.25, -0.2) is 0 Å². The lowest BCUT2D eigenvalue weighted by atomic mass is 9.95. The lowest BCUT2D eigenvalue weighted by Gasteiger charge is -1.96. The predicted molar refractivity (Wildman–Crippen MR) is 42.9 cm³/mol. The molecule has 0 spiro atoms. The zero-order valence-electron chi connectivity index (χ0n) is 5.94. The Hall–Kier alpha value is -1.52. The summed E-state index contributed by atoms with van der Waals surface area (Å²) in [6, 6.07) is 4.00. The van der Waals surface area contributed by atoms with Crippen LogP contribution in [0.25, 0.3) is 0 Å². The van der Waals surface area contributed by atoms with Gasteiger partial charge in [0.05, 0.1) is 11.0 Å². The van der Waals surface area contributed by atoms with Gasteiger partial charge in [-0.15, -0.1) is 0 Å². The first-order valence-corrected chi connectivity index (χ1v) is 3.05. The molecule has 0 aromatic heterocycles. The van der Waals surface area contributed by atoms with E-state index in [4.69, 9.17) is 5.11 Å². The van der Waals surface area contributed by atoms with E-state index in [-0.39, 0.29) is 11.4 Å². The van der Waals surface area contributed by atoms with E-state index in [2.05, 4.69) is 0 Å². The normalized spacial score (nSPS) is 9.45. The predicted octanol–water partition coefficient (Wildman–Crippen LogP) is -0.441. The van der Waals surface area contributed by atoms with Crippen LogP contribution in [0, 0.1) is 10.1 Å². The van der Waals surface area contributed by atoms with Crippen LogP contribution in [-0.4, -0.2) is 17.9 Å². The Morgan fingerprint density at radius 1 is 1.55 bits per heavy atom. The van der Waals surface area contributed by atoms with Crippen molar-refractivity contribution in [1.29, 1.82) is 0 Å². The quantitative estimate of drug-likeness (QED) is 0.336. The number of nitro benzene ring substituents is 1. The van der Waals surface area contributed by atoms with Crippen LogP contribution in [0.1, 0.15) is 0 Å². The van der Waals surface area contributed by atoms with E-state index in [1.165, 1.54) is 12.1 Å². The van der Waals surface area contributed by atoms with Crippen LogP contribution >= 0.6 is 0 Å². The number of benzene rings is 1. The van der Waals surface area contributed by atoms with Crippen molar-refractivity contribution in [2.75, 3.05) is 0 Å². The molecule has 0 aliphatic rings. The van der Waals surface area contributed by atoms with Gasteiger partial charge in [-0.3, -0.25) is 10.1 Å². The average Bonchev–Trinajstić information content (AvgIpc) is 1.94. The highest BCUT2D eigenvalue weighted by Gasteiger charge is 2.06. The van der Waals surface area contributed by atoms with Gasteiger partial charge < -0.3 is 5.11 Å². The second-order valence-electron chi connectivity index (χ2n) is 2.23. The Bertz CT molecular complexity index is 300. The van der Waals surface area contributed by atoms with E-state index >= 15 is 0 Å². The maximum atomic E-state index is 10.2. The first-order valence-electron chi connectivity index (χ1n) is 3.05. The molecule has 0 unspecified atom stereocenters. The molecule has 1 rings (SSSR count). The summed E-state index contributed by atoms with van der Waals surface area (Å²) in [6.45, 7) is 0. The molecule has 0 aliphatic heterocycles. The number of hydrogen-bond donors (Lipinski definition) is 1. The fourth-order valence-corrected chi connectivity index (χ4v) is 0.711. The summed E-state index contributed by atoms with van der Waals surface area (Å²) in [5.41, 5.74) is 0.545. The van der Waals surface area contributed by atoms with E-state index in [9.17, 15) is 10.1 Å². The van der Waals surface area contributed by atoms with Gasteiger partial charge in [0.2, 0.25) is 0 Å². The minimum absolute atomic E-state index is 0.0424. The smallest absolute Gasteiger partial charge is 0.273 e. The summed E-state index contributed by atoms with van der Waals surface area (Å²) in [6.07, 6.45) is 0. The van der Waals surface area contributed by atoms with Crippen LogP contribution in [0.15, 0.2) is 18.2 Å². The maximum absolute atomic E-state index is 10.2. The summed E-state index contributed by atoms with van der Waals surface area (Å²) < 4.78 is 0. The Balaban J connectivity index is 3.15. The van der Waals surface area contributed by atoms with E-state index in [1.807, 2.05) is 0 Å². The van der Waals surface area contributed by atoms with Crippen molar-refractivity contribution >= 4 is 19.0 Å². The molecule has 0 saturated heterocycles. The Kier molecular flexibility index (Phi) is 1.80. The largest absolute Gasteiger partial charge is 0.508 e. The molecule has 1 aromatic carbocycles. The standard InChI is InChI=1S/C6H6BNO3/c7-5-2-1-4(8(10)11)3-6(5)9/h1-3,9H,7H2. The summed E-state index contributed by atoms with van der Waals surface area (Å²) >= 11 is 0. The summed E-state index contributed by atoms with van der Waals surface area (Å²) in [4.78, 5) is 9.62. The third kappa shape index (κ3) is 1.49. The van der Waals surface area contributed by atoms with E-state index in [1.54, 1.807) is 7.85 Å². The number of rotatable bonds is 1. The lowest BCUT2D eigenvalue weighted by Crippen LogP contribution is -2.02. The van der Waals surface area contributed by atoms with Crippen LogP contribution < -0.4 is 5.46 Å². The van der Waals surface area contributed by atoms with Crippen molar-refractivity contribution in [3.63, 3.8) is 0 Å². The van der Waals surface area contributed by atoms with Gasteiger partial charge in [-0.2, -0.15) is 0 Å². The molecule has 0 fully saturated rings. The summed E-state index contributed by atoms with van der Waals surface area (Å²) in [7, 11) is 1.68. The monoisotopic (exact) mass is 151 g/mol. The van der Waals surface area contributed by atoms with Crippen molar-refractivity contribution < 1.29 is 10.0 Å². The number of nitrogens with zero attached hydrogens (tertiary/aromatic N) is 1. The van der Waals surface area contributed by atoms with Crippen LogP contribution in [-0.2, 0) is 0 Å². The van der Waals surface area contributed by atoms with Gasteiger partial charge in [0.1, 0.15) is 13.6 Å². The zero-order valence-corrected chi connectivity index (χ0v) is 5.94. The SMILES string of the molecule is Bc1ccc([N+](=O)[O-])cc1O. The van der Waals surface area contributed by atoms with Gasteiger partial charge in [0.15, 0.2) is 0 Å². The number of nitro groups is 1. The Labute approximate surface area is 64.0 Å². The molecule has 4 nitrogen and oxygen atoms in total. The first-order chi connectivity index (χ1) is 5.11. The van der Waals surface area contributed by atoms with E-state index in [0.29, 0.717) is 5.46 Å². The fraction of sp³-hybridized carbons (Fsp3) is 0. The van der Waals surface area contributed by atoms with Crippen molar-refractivity contribution in [1.82, 2.24) is 0 Å². The molecule has 5 heteroatoms. The van der Waals surface area contributed by atoms with Crippen molar-refractivity contribution in [3.8, 4) is 5.75 Å². The summed E-state index contributed by atoms with van der Waals surface area (Å²) in [5.74, 6) is -0.0424. The molecule has 0 aliphatic carbocycles. The van der Waals surface area contributed by atoms with Gasteiger partial charge >= 0.3 is 0 Å². The maximum Gasteiger partial charge on any atom is 0.273 e. The van der Waals surface area contributed by atoms with Crippen molar-refractivity contribution in [3.05, 3.63) is 28.3 Å². The number of phenolic OH excluding ortho intramolecular Hbond substituents is 1. The molecule has 0 radical (unpaired) electrons. The van der Waals surface area contributed by atoms with Gasteiger partial charge in [0, 0.05) is 6.07 Å². The third-order valence-corrected chi connectivity index (χ3v) is 1.40. The highest BCUT2D eigenvalue weighted by molar-refractivity contribution is 6.34. The van der Waals surface area contributed by atoms with E-state index < -0.39 is 4.92 Å². The second kappa shape index (κ2) is 2.61. The first kappa shape index (κ1) is 7.59. The number of non-ortho nitro benzene ring substituents is 1. The van der Waals surface area contributed by atoms with Crippen molar-refractivity contribution in [2.45, 2.75) is 0 Å². The number of phenols is 1. The molecule has 1 aromatic rings. The van der Waals surface area contributed by atoms with Crippen LogP contribution in [0.5, 0.6) is 5.75 Å². The average molecular weight is 151 g/mol. The third-order valence-electron chi connectivity index (χ3n) is 1.40. The van der Waals surface area contributed by atoms with E-state index in [0.717, 1.165) is 6.07 Å². The van der Waals surface area contributed by atoms with Gasteiger partial charge in [0.25, 0.3) is 5.69 Å². The molecule has 0 atom stereocenters. The minimum Gasteiger partial charge on any atom is -0.508 e. The Morgan fingerprint density at radius 3 is 2.64 bits per heavy atom.